The minimum atomic E-state index is -4.97. The molecule has 4 rings (SSSR count). The molecule has 44 heavy (non-hydrogen) atoms. The highest BCUT2D eigenvalue weighted by molar-refractivity contribution is 7.93. The highest BCUT2D eigenvalue weighted by Crippen LogP contribution is 2.30. The molecule has 0 unspecified atom stereocenters. The monoisotopic (exact) mass is 664 g/mol. The van der Waals surface area contributed by atoms with E-state index in [9.17, 15) is 43.2 Å². The summed E-state index contributed by atoms with van der Waals surface area (Å²) in [7, 11) is -8.77. The first-order valence-electron chi connectivity index (χ1n) is 11.8. The van der Waals surface area contributed by atoms with E-state index in [2.05, 4.69) is 18.9 Å². The first kappa shape index (κ1) is 33.7. The normalized spacial score (nSPS) is 12.0. The van der Waals surface area contributed by atoms with Gasteiger partial charge in [-0.05, 0) is 72.8 Å². The van der Waals surface area contributed by atoms with Crippen molar-refractivity contribution >= 4 is 42.8 Å². The maximum Gasteiger partial charge on any atom is 0.573 e. The summed E-state index contributed by atoms with van der Waals surface area (Å²) in [5.74, 6) is -1.30. The fourth-order valence-electron chi connectivity index (χ4n) is 3.22. The van der Waals surface area contributed by atoms with Crippen LogP contribution >= 0.6 is 0 Å². The van der Waals surface area contributed by atoms with Crippen LogP contribution in [-0.2, 0) is 20.0 Å². The molecule has 4 aromatic carbocycles. The number of halogens is 6. The Bertz CT molecular complexity index is 1650. The molecule has 0 aliphatic carbocycles. The lowest BCUT2D eigenvalue weighted by atomic mass is 10.3. The highest BCUT2D eigenvalue weighted by atomic mass is 32.2. The van der Waals surface area contributed by atoms with Crippen LogP contribution in [0.4, 0.5) is 49.1 Å². The Balaban J connectivity index is 0.000000572. The maximum atomic E-state index is 12.7. The zero-order valence-corrected chi connectivity index (χ0v) is 23.6. The predicted octanol–water partition coefficient (Wildman–Crippen LogP) is 5.94. The van der Waals surface area contributed by atoms with Gasteiger partial charge in [-0.3, -0.25) is 9.44 Å². The Morgan fingerprint density at radius 3 is 1.07 bits per heavy atom. The van der Waals surface area contributed by atoms with Gasteiger partial charge < -0.3 is 20.9 Å². The number of rotatable bonds is 8. The summed E-state index contributed by atoms with van der Waals surface area (Å²) in [6.45, 7) is 0. The summed E-state index contributed by atoms with van der Waals surface area (Å²) in [5, 5.41) is 0. The van der Waals surface area contributed by atoms with Gasteiger partial charge in [-0.15, -0.1) is 26.3 Å². The van der Waals surface area contributed by atoms with Crippen molar-refractivity contribution in [2.75, 3.05) is 20.9 Å². The molecule has 0 saturated heterocycles. The van der Waals surface area contributed by atoms with Crippen molar-refractivity contribution in [1.29, 1.82) is 0 Å². The topological polar surface area (TPSA) is 163 Å². The van der Waals surface area contributed by atoms with Gasteiger partial charge in [-0.25, -0.2) is 16.8 Å². The molecular weight excluding hydrogens is 642 g/mol. The minimum Gasteiger partial charge on any atom is -0.406 e. The van der Waals surface area contributed by atoms with Gasteiger partial charge in [0.15, 0.2) is 0 Å². The minimum absolute atomic E-state index is 0.242. The van der Waals surface area contributed by atoms with E-state index in [4.69, 9.17) is 11.5 Å². The van der Waals surface area contributed by atoms with Crippen LogP contribution in [0.2, 0.25) is 0 Å². The zero-order chi connectivity index (χ0) is 32.8. The van der Waals surface area contributed by atoms with E-state index >= 15 is 0 Å². The molecule has 4 aromatic rings. The molecule has 0 atom stereocenters. The third-order valence-electron chi connectivity index (χ3n) is 5.15. The first-order valence-corrected chi connectivity index (χ1v) is 14.8. The molecule has 0 aromatic heterocycles. The summed E-state index contributed by atoms with van der Waals surface area (Å²) < 4.78 is 136. The fourth-order valence-corrected chi connectivity index (χ4v) is 5.38. The van der Waals surface area contributed by atoms with Gasteiger partial charge in [0.25, 0.3) is 20.0 Å². The summed E-state index contributed by atoms with van der Waals surface area (Å²) in [6.07, 6.45) is -9.94. The van der Waals surface area contributed by atoms with Crippen LogP contribution in [0, 0.1) is 0 Å². The van der Waals surface area contributed by atoms with Gasteiger partial charge in [-0.2, -0.15) is 0 Å². The number of sulfonamides is 2. The molecule has 0 bridgehead atoms. The van der Waals surface area contributed by atoms with Gasteiger partial charge in [0.2, 0.25) is 0 Å². The Morgan fingerprint density at radius 2 is 0.795 bits per heavy atom. The number of nitrogens with two attached hydrogens (primary N) is 2. The molecule has 10 nitrogen and oxygen atoms in total. The molecule has 0 amide bonds. The van der Waals surface area contributed by atoms with Gasteiger partial charge >= 0.3 is 12.7 Å². The van der Waals surface area contributed by atoms with E-state index in [1.165, 1.54) is 24.3 Å². The molecule has 0 fully saturated rings. The number of ether oxygens (including phenoxy) is 2. The summed E-state index contributed by atoms with van der Waals surface area (Å²) in [6, 6.07) is 18.9. The van der Waals surface area contributed by atoms with Crippen molar-refractivity contribution in [2.45, 2.75) is 22.5 Å². The molecule has 0 heterocycles. The number of benzene rings is 4. The number of alkyl halides is 6. The number of nitrogen functional groups attached to an aromatic ring is 2. The van der Waals surface area contributed by atoms with Crippen molar-refractivity contribution in [3.63, 3.8) is 0 Å². The molecule has 18 heteroatoms. The van der Waals surface area contributed by atoms with Gasteiger partial charge in [-0.1, -0.05) is 24.3 Å². The van der Waals surface area contributed by atoms with Crippen LogP contribution < -0.4 is 30.4 Å². The van der Waals surface area contributed by atoms with Crippen molar-refractivity contribution in [3.05, 3.63) is 97.1 Å². The smallest absolute Gasteiger partial charge is 0.406 e. The number of hydrogen-bond acceptors (Lipinski definition) is 8. The number of anilines is 4. The third-order valence-corrected chi connectivity index (χ3v) is 7.91. The zero-order valence-electron chi connectivity index (χ0n) is 21.9. The van der Waals surface area contributed by atoms with E-state index in [1.807, 2.05) is 12.1 Å². The Hall–Kier alpha value is -4.84. The average molecular weight is 665 g/mol. The molecular formula is C26H22F6N4O6S2. The van der Waals surface area contributed by atoms with E-state index in [0.29, 0.717) is 11.4 Å². The standard InChI is InChI=1S/C20H14F6N2O6S2.C6H8N2/c21-19(22,23)33-13-5-9-15(10-6-13)35(29,30)27-17-3-1-2-4-18(17)28-36(31,32)16-11-7-14(8-12-16)34-20(24,25)26;7-5-3-1-2-4-6(5)8/h1-12,27-28H;1-4H,7-8H2. The summed E-state index contributed by atoms with van der Waals surface area (Å²) >= 11 is 0. The molecule has 0 spiro atoms. The van der Waals surface area contributed by atoms with Crippen LogP contribution in [0.5, 0.6) is 11.5 Å². The van der Waals surface area contributed by atoms with E-state index in [-0.39, 0.29) is 11.4 Å². The molecule has 0 saturated carbocycles. The van der Waals surface area contributed by atoms with Crippen molar-refractivity contribution in [3.8, 4) is 11.5 Å². The predicted molar refractivity (Wildman–Crippen MR) is 150 cm³/mol. The van der Waals surface area contributed by atoms with Crippen molar-refractivity contribution < 1.29 is 52.7 Å². The van der Waals surface area contributed by atoms with E-state index in [1.54, 1.807) is 12.1 Å². The van der Waals surface area contributed by atoms with E-state index in [0.717, 1.165) is 48.5 Å². The van der Waals surface area contributed by atoms with Gasteiger partial charge in [0.1, 0.15) is 11.5 Å². The second-order valence-electron chi connectivity index (χ2n) is 8.42. The Labute approximate surface area is 247 Å². The van der Waals surface area contributed by atoms with Gasteiger partial charge in [0.05, 0.1) is 32.5 Å². The number of hydrogen-bond donors (Lipinski definition) is 4. The SMILES string of the molecule is Nc1ccccc1N.O=S(=O)(Nc1ccccc1NS(=O)(=O)c1ccc(OC(F)(F)F)cc1)c1ccc(OC(F)(F)F)cc1. The average Bonchev–Trinajstić information content (AvgIpc) is 2.90. The molecule has 0 radical (unpaired) electrons. The molecule has 0 aliphatic heterocycles. The van der Waals surface area contributed by atoms with Crippen LogP contribution in [0.1, 0.15) is 0 Å². The van der Waals surface area contributed by atoms with Crippen molar-refractivity contribution in [1.82, 2.24) is 0 Å². The van der Waals surface area contributed by atoms with Crippen molar-refractivity contribution in [2.24, 2.45) is 0 Å². The second-order valence-corrected chi connectivity index (χ2v) is 11.8. The summed E-state index contributed by atoms with van der Waals surface area (Å²) in [4.78, 5) is -0.898. The van der Waals surface area contributed by atoms with Crippen LogP contribution in [0.25, 0.3) is 0 Å². The third kappa shape index (κ3) is 10.2. The Morgan fingerprint density at radius 1 is 0.500 bits per heavy atom. The lowest BCUT2D eigenvalue weighted by molar-refractivity contribution is -0.275. The van der Waals surface area contributed by atoms with Crippen LogP contribution in [0.3, 0.4) is 0 Å². The number of nitrogens with one attached hydrogen (secondary N) is 2. The Kier molecular flexibility index (Phi) is 10.1. The van der Waals surface area contributed by atoms with Crippen LogP contribution in [-0.4, -0.2) is 29.6 Å². The highest BCUT2D eigenvalue weighted by Gasteiger charge is 2.32. The first-order chi connectivity index (χ1) is 20.3. The largest absolute Gasteiger partial charge is 0.573 e. The van der Waals surface area contributed by atoms with E-state index < -0.39 is 54.1 Å². The lowest BCUT2D eigenvalue weighted by Crippen LogP contribution is -2.19. The molecule has 0 aliphatic rings. The molecule has 6 N–H and O–H groups in total. The molecule has 236 valence electrons. The quantitative estimate of drug-likeness (QED) is 0.133. The second kappa shape index (κ2) is 13.2. The maximum absolute atomic E-state index is 12.7. The number of para-hydroxylation sites is 4. The lowest BCUT2D eigenvalue weighted by Gasteiger charge is -2.15. The fraction of sp³-hybridized carbons (Fsp3) is 0.0769. The summed E-state index contributed by atoms with van der Waals surface area (Å²) in [5.41, 5.74) is 11.6. The van der Waals surface area contributed by atoms with Gasteiger partial charge in [0, 0.05) is 0 Å². The van der Waals surface area contributed by atoms with Crippen LogP contribution in [0.15, 0.2) is 107 Å².